The van der Waals surface area contributed by atoms with Crippen molar-refractivity contribution >= 4 is 5.69 Å². The molecule has 1 fully saturated rings. The monoisotopic (exact) mass is 232 g/mol. The van der Waals surface area contributed by atoms with Crippen LogP contribution >= 0.6 is 0 Å². The van der Waals surface area contributed by atoms with Gasteiger partial charge in [-0.2, -0.15) is 0 Å². The highest BCUT2D eigenvalue weighted by atomic mass is 16.5. The molecule has 0 saturated carbocycles. The summed E-state index contributed by atoms with van der Waals surface area (Å²) >= 11 is 0. The molecule has 0 amide bonds. The molecule has 1 aromatic rings. The number of nitrogens with two attached hydrogens (primary N) is 1. The van der Waals surface area contributed by atoms with Gasteiger partial charge < -0.3 is 15.4 Å². The number of fused-ring (bicyclic) bond motifs is 3. The molecule has 2 N–H and O–H groups in total. The van der Waals surface area contributed by atoms with Gasteiger partial charge in [0, 0.05) is 24.3 Å². The first-order chi connectivity index (χ1) is 8.28. The molecule has 0 spiro atoms. The van der Waals surface area contributed by atoms with Gasteiger partial charge in [0.2, 0.25) is 0 Å². The van der Waals surface area contributed by atoms with Crippen LogP contribution in [0.5, 0.6) is 5.75 Å². The van der Waals surface area contributed by atoms with Crippen LogP contribution < -0.4 is 15.4 Å². The Bertz CT molecular complexity index is 419. The van der Waals surface area contributed by atoms with Gasteiger partial charge in [-0.3, -0.25) is 0 Å². The predicted molar refractivity (Wildman–Crippen MR) is 69.7 cm³/mol. The van der Waals surface area contributed by atoms with Gasteiger partial charge in [-0.25, -0.2) is 0 Å². The molecule has 2 atom stereocenters. The third-order valence-electron chi connectivity index (χ3n) is 4.09. The molecule has 0 aromatic heterocycles. The molecular formula is C14H20N2O. The maximum Gasteiger partial charge on any atom is 0.119 e. The molecule has 0 aliphatic carbocycles. The maximum atomic E-state index is 6.09. The lowest BCUT2D eigenvalue weighted by atomic mass is 9.88. The summed E-state index contributed by atoms with van der Waals surface area (Å²) in [5.41, 5.74) is 8.87. The van der Waals surface area contributed by atoms with Gasteiger partial charge in [0.1, 0.15) is 5.75 Å². The normalized spacial score (nSPS) is 27.3. The van der Waals surface area contributed by atoms with Crippen LogP contribution in [0.15, 0.2) is 18.2 Å². The second kappa shape index (κ2) is 4.22. The van der Waals surface area contributed by atoms with Gasteiger partial charge in [-0.1, -0.05) is 0 Å². The molecule has 1 saturated heterocycles. The minimum absolute atomic E-state index is 0.333. The minimum atomic E-state index is 0.333. The third kappa shape index (κ3) is 1.89. The second-order valence-corrected chi connectivity index (χ2v) is 5.18. The number of hydrogen-bond acceptors (Lipinski definition) is 3. The summed E-state index contributed by atoms with van der Waals surface area (Å²) in [5, 5.41) is 0. The molecule has 3 rings (SSSR count). The smallest absolute Gasteiger partial charge is 0.119 e. The lowest BCUT2D eigenvalue weighted by Gasteiger charge is -2.44. The molecule has 2 aliphatic rings. The average Bonchev–Trinajstić information content (AvgIpc) is 2.37. The van der Waals surface area contributed by atoms with Crippen molar-refractivity contribution in [1.29, 1.82) is 0 Å². The van der Waals surface area contributed by atoms with Crippen molar-refractivity contribution in [3.05, 3.63) is 23.8 Å². The van der Waals surface area contributed by atoms with Gasteiger partial charge in [-0.05, 0) is 49.4 Å². The number of methoxy groups -OCH3 is 1. The average molecular weight is 232 g/mol. The fourth-order valence-electron chi connectivity index (χ4n) is 3.14. The summed E-state index contributed by atoms with van der Waals surface area (Å²) in [6, 6.07) is 7.46. The molecule has 0 bridgehead atoms. The van der Waals surface area contributed by atoms with E-state index in [0.29, 0.717) is 12.1 Å². The molecule has 2 heterocycles. The van der Waals surface area contributed by atoms with Gasteiger partial charge >= 0.3 is 0 Å². The maximum absolute atomic E-state index is 6.09. The van der Waals surface area contributed by atoms with Crippen LogP contribution in [0.2, 0.25) is 0 Å². The Morgan fingerprint density at radius 3 is 3.00 bits per heavy atom. The molecular weight excluding hydrogens is 212 g/mol. The standard InChI is InChI=1S/C14H20N2O/c1-17-13-6-7-14-10(8-13)2-4-12-5-3-11(15)9-16(12)14/h6-8,11-12H,2-5,9,15H2,1H3. The summed E-state index contributed by atoms with van der Waals surface area (Å²) in [7, 11) is 1.73. The highest BCUT2D eigenvalue weighted by Crippen LogP contribution is 2.36. The van der Waals surface area contributed by atoms with Gasteiger partial charge in [-0.15, -0.1) is 0 Å². The molecule has 3 nitrogen and oxygen atoms in total. The van der Waals surface area contributed by atoms with Crippen molar-refractivity contribution in [2.45, 2.75) is 37.8 Å². The lowest BCUT2D eigenvalue weighted by Crippen LogP contribution is -2.50. The van der Waals surface area contributed by atoms with Gasteiger partial charge in [0.25, 0.3) is 0 Å². The minimum Gasteiger partial charge on any atom is -0.497 e. The zero-order chi connectivity index (χ0) is 11.8. The Hall–Kier alpha value is -1.22. The quantitative estimate of drug-likeness (QED) is 0.804. The van der Waals surface area contributed by atoms with Crippen molar-refractivity contribution in [1.82, 2.24) is 0 Å². The van der Waals surface area contributed by atoms with E-state index in [1.54, 1.807) is 7.11 Å². The number of ether oxygens (including phenoxy) is 1. The molecule has 0 radical (unpaired) electrons. The fourth-order valence-corrected chi connectivity index (χ4v) is 3.14. The number of nitrogens with zero attached hydrogens (tertiary/aromatic N) is 1. The number of piperidine rings is 1. The van der Waals surface area contributed by atoms with Gasteiger partial charge in [0.15, 0.2) is 0 Å². The number of aryl methyl sites for hydroxylation is 1. The van der Waals surface area contributed by atoms with Crippen molar-refractivity contribution in [2.75, 3.05) is 18.6 Å². The van der Waals surface area contributed by atoms with Crippen molar-refractivity contribution in [2.24, 2.45) is 5.73 Å². The summed E-state index contributed by atoms with van der Waals surface area (Å²) < 4.78 is 5.29. The Kier molecular flexibility index (Phi) is 2.71. The van der Waals surface area contributed by atoms with E-state index in [9.17, 15) is 0 Å². The lowest BCUT2D eigenvalue weighted by molar-refractivity contribution is 0.387. The van der Waals surface area contributed by atoms with Crippen LogP contribution in [0, 0.1) is 0 Å². The highest BCUT2D eigenvalue weighted by molar-refractivity contribution is 5.59. The van der Waals surface area contributed by atoms with Crippen LogP contribution in [0.1, 0.15) is 24.8 Å². The zero-order valence-corrected chi connectivity index (χ0v) is 10.4. The Balaban J connectivity index is 1.94. The summed E-state index contributed by atoms with van der Waals surface area (Å²) in [6.45, 7) is 1.00. The number of anilines is 1. The summed E-state index contributed by atoms with van der Waals surface area (Å²) in [4.78, 5) is 2.51. The molecule has 92 valence electrons. The predicted octanol–water partition coefficient (Wildman–Crippen LogP) is 1.94. The van der Waals surface area contributed by atoms with E-state index >= 15 is 0 Å². The highest BCUT2D eigenvalue weighted by Gasteiger charge is 2.31. The van der Waals surface area contributed by atoms with Crippen LogP contribution in [-0.2, 0) is 6.42 Å². The Morgan fingerprint density at radius 1 is 1.29 bits per heavy atom. The molecule has 17 heavy (non-hydrogen) atoms. The van der Waals surface area contributed by atoms with Crippen molar-refractivity contribution in [3.8, 4) is 5.75 Å². The van der Waals surface area contributed by atoms with Crippen LogP contribution in [0.25, 0.3) is 0 Å². The Labute approximate surface area is 103 Å². The van der Waals surface area contributed by atoms with E-state index in [-0.39, 0.29) is 0 Å². The molecule has 1 aromatic carbocycles. The Morgan fingerprint density at radius 2 is 2.18 bits per heavy atom. The molecule has 3 heteroatoms. The zero-order valence-electron chi connectivity index (χ0n) is 10.4. The van der Waals surface area contributed by atoms with E-state index in [1.165, 1.54) is 36.9 Å². The number of rotatable bonds is 1. The molecule has 2 aliphatic heterocycles. The van der Waals surface area contributed by atoms with E-state index in [4.69, 9.17) is 10.5 Å². The second-order valence-electron chi connectivity index (χ2n) is 5.18. The first kappa shape index (κ1) is 10.9. The first-order valence-electron chi connectivity index (χ1n) is 6.47. The molecule has 2 unspecified atom stereocenters. The van der Waals surface area contributed by atoms with Crippen LogP contribution in [0.4, 0.5) is 5.69 Å². The van der Waals surface area contributed by atoms with Crippen molar-refractivity contribution in [3.63, 3.8) is 0 Å². The van der Waals surface area contributed by atoms with E-state index in [1.807, 2.05) is 0 Å². The SMILES string of the molecule is COc1ccc2c(c1)CCC1CCC(N)CN21. The van der Waals surface area contributed by atoms with Gasteiger partial charge in [0.05, 0.1) is 7.11 Å². The summed E-state index contributed by atoms with van der Waals surface area (Å²) in [5.74, 6) is 0.962. The summed E-state index contributed by atoms with van der Waals surface area (Å²) in [6.07, 6.45) is 4.84. The topological polar surface area (TPSA) is 38.5 Å². The van der Waals surface area contributed by atoms with Crippen LogP contribution in [0.3, 0.4) is 0 Å². The fraction of sp³-hybridized carbons (Fsp3) is 0.571. The van der Waals surface area contributed by atoms with E-state index in [0.717, 1.165) is 12.3 Å². The van der Waals surface area contributed by atoms with Crippen molar-refractivity contribution < 1.29 is 4.74 Å². The largest absolute Gasteiger partial charge is 0.497 e. The number of hydrogen-bond donors (Lipinski definition) is 1. The van der Waals surface area contributed by atoms with E-state index < -0.39 is 0 Å². The third-order valence-corrected chi connectivity index (χ3v) is 4.09. The number of benzene rings is 1. The van der Waals surface area contributed by atoms with Crippen LogP contribution in [-0.4, -0.2) is 25.7 Å². The first-order valence-corrected chi connectivity index (χ1v) is 6.47. The van der Waals surface area contributed by atoms with E-state index in [2.05, 4.69) is 23.1 Å².